The summed E-state index contributed by atoms with van der Waals surface area (Å²) in [6.07, 6.45) is 5.34. The Bertz CT molecular complexity index is 462. The second kappa shape index (κ2) is 10.2. The topological polar surface area (TPSA) is 18.5 Å². The van der Waals surface area contributed by atoms with Crippen LogP contribution in [0.2, 0.25) is 18.1 Å². The van der Waals surface area contributed by atoms with Gasteiger partial charge in [0.2, 0.25) is 0 Å². The minimum atomic E-state index is -1.61. The summed E-state index contributed by atoms with van der Waals surface area (Å²) in [4.78, 5) is 0. The van der Waals surface area contributed by atoms with E-state index in [0.717, 1.165) is 32.5 Å². The first kappa shape index (κ1) is 21.1. The van der Waals surface area contributed by atoms with Gasteiger partial charge in [0.05, 0.1) is 6.61 Å². The molecule has 0 aromatic heterocycles. The Morgan fingerprint density at radius 2 is 1.75 bits per heavy atom. The molecular formula is C21H36O2Si. The third-order valence-electron chi connectivity index (χ3n) is 5.07. The van der Waals surface area contributed by atoms with Gasteiger partial charge in [0.25, 0.3) is 0 Å². The van der Waals surface area contributed by atoms with Crippen LogP contribution in [0.3, 0.4) is 0 Å². The predicted molar refractivity (Wildman–Crippen MR) is 107 cm³/mol. The van der Waals surface area contributed by atoms with Crippen molar-refractivity contribution in [2.75, 3.05) is 13.2 Å². The third-order valence-corrected chi connectivity index (χ3v) is 9.60. The first-order valence-electron chi connectivity index (χ1n) is 9.14. The Morgan fingerprint density at radius 3 is 2.33 bits per heavy atom. The Kier molecular flexibility index (Phi) is 8.96. The van der Waals surface area contributed by atoms with Crippen molar-refractivity contribution in [3.8, 4) is 0 Å². The predicted octanol–water partition coefficient (Wildman–Crippen LogP) is 6.20. The molecule has 0 bridgehead atoms. The van der Waals surface area contributed by atoms with E-state index in [1.54, 1.807) is 0 Å². The van der Waals surface area contributed by atoms with E-state index in [4.69, 9.17) is 9.16 Å². The maximum atomic E-state index is 6.25. The summed E-state index contributed by atoms with van der Waals surface area (Å²) in [5.41, 5.74) is 1.23. The summed E-state index contributed by atoms with van der Waals surface area (Å²) in [5.74, 6) is 0.517. The van der Waals surface area contributed by atoms with Crippen LogP contribution in [-0.2, 0) is 15.8 Å². The molecule has 1 aromatic rings. The quantitative estimate of drug-likeness (QED) is 0.269. The van der Waals surface area contributed by atoms with Crippen molar-refractivity contribution in [2.45, 2.75) is 64.8 Å². The van der Waals surface area contributed by atoms with Crippen LogP contribution in [0, 0.1) is 5.92 Å². The Balaban J connectivity index is 2.17. The summed E-state index contributed by atoms with van der Waals surface area (Å²) < 4.78 is 12.0. The zero-order valence-corrected chi connectivity index (χ0v) is 17.3. The number of rotatable bonds is 11. The van der Waals surface area contributed by atoms with Gasteiger partial charge in [0.15, 0.2) is 8.32 Å². The van der Waals surface area contributed by atoms with Gasteiger partial charge in [-0.1, -0.05) is 57.2 Å². The lowest BCUT2D eigenvalue weighted by Gasteiger charge is -2.36. The molecule has 0 amide bonds. The summed E-state index contributed by atoms with van der Waals surface area (Å²) in [7, 11) is -1.61. The minimum absolute atomic E-state index is 0.288. The maximum absolute atomic E-state index is 6.25. The molecule has 2 nitrogen and oxygen atoms in total. The van der Waals surface area contributed by atoms with Crippen LogP contribution in [0.5, 0.6) is 0 Å². The number of hydrogen-bond donors (Lipinski definition) is 0. The molecule has 0 saturated heterocycles. The van der Waals surface area contributed by atoms with Gasteiger partial charge < -0.3 is 9.16 Å². The van der Waals surface area contributed by atoms with E-state index in [9.17, 15) is 0 Å². The van der Waals surface area contributed by atoms with E-state index >= 15 is 0 Å². The Morgan fingerprint density at radius 1 is 1.08 bits per heavy atom. The molecule has 1 atom stereocenters. The fourth-order valence-corrected chi connectivity index (χ4v) is 3.36. The molecule has 0 aliphatic heterocycles. The molecule has 0 heterocycles. The number of benzene rings is 1. The molecule has 0 fully saturated rings. The molecule has 0 aliphatic carbocycles. The fourth-order valence-electron chi connectivity index (χ4n) is 2.27. The first-order chi connectivity index (χ1) is 11.3. The van der Waals surface area contributed by atoms with Gasteiger partial charge in [-0.15, -0.1) is 6.58 Å². The van der Waals surface area contributed by atoms with Crippen molar-refractivity contribution in [1.82, 2.24) is 0 Å². The normalized spacial score (nSPS) is 13.7. The van der Waals surface area contributed by atoms with Gasteiger partial charge >= 0.3 is 0 Å². The van der Waals surface area contributed by atoms with Crippen molar-refractivity contribution in [2.24, 2.45) is 5.92 Å². The SMILES string of the molecule is C=CC(CCCO[Si](C)(C)C(C)(C)C)CCOCc1ccccc1. The van der Waals surface area contributed by atoms with Crippen LogP contribution < -0.4 is 0 Å². The highest BCUT2D eigenvalue weighted by Crippen LogP contribution is 2.36. The molecule has 3 heteroatoms. The first-order valence-corrected chi connectivity index (χ1v) is 12.1. The van der Waals surface area contributed by atoms with Gasteiger partial charge in [-0.3, -0.25) is 0 Å². The van der Waals surface area contributed by atoms with Crippen LogP contribution in [0.15, 0.2) is 43.0 Å². The smallest absolute Gasteiger partial charge is 0.191 e. The van der Waals surface area contributed by atoms with Crippen LogP contribution in [0.1, 0.15) is 45.6 Å². The average molecular weight is 349 g/mol. The van der Waals surface area contributed by atoms with Gasteiger partial charge in [-0.05, 0) is 48.9 Å². The lowest BCUT2D eigenvalue weighted by Crippen LogP contribution is -2.41. The van der Waals surface area contributed by atoms with Gasteiger partial charge in [-0.2, -0.15) is 0 Å². The van der Waals surface area contributed by atoms with Gasteiger partial charge in [0, 0.05) is 13.2 Å². The van der Waals surface area contributed by atoms with E-state index in [2.05, 4.69) is 58.7 Å². The molecule has 1 aromatic carbocycles. The van der Waals surface area contributed by atoms with E-state index < -0.39 is 8.32 Å². The maximum Gasteiger partial charge on any atom is 0.191 e. The van der Waals surface area contributed by atoms with E-state index in [1.165, 1.54) is 5.56 Å². The molecule has 0 saturated carbocycles. The summed E-state index contributed by atoms with van der Waals surface area (Å²) in [5, 5.41) is 0.288. The molecule has 1 rings (SSSR count). The third kappa shape index (κ3) is 7.78. The van der Waals surface area contributed by atoms with Gasteiger partial charge in [0.1, 0.15) is 0 Å². The number of hydrogen-bond acceptors (Lipinski definition) is 2. The van der Waals surface area contributed by atoms with Crippen molar-refractivity contribution in [3.05, 3.63) is 48.6 Å². The lowest BCUT2D eigenvalue weighted by atomic mass is 10.0. The van der Waals surface area contributed by atoms with Gasteiger partial charge in [-0.25, -0.2) is 0 Å². The van der Waals surface area contributed by atoms with Crippen molar-refractivity contribution in [1.29, 1.82) is 0 Å². The summed E-state index contributed by atoms with van der Waals surface area (Å²) >= 11 is 0. The van der Waals surface area contributed by atoms with E-state index in [1.807, 2.05) is 18.2 Å². The summed E-state index contributed by atoms with van der Waals surface area (Å²) in [6.45, 7) is 17.8. The van der Waals surface area contributed by atoms with E-state index in [-0.39, 0.29) is 5.04 Å². The molecule has 0 N–H and O–H groups in total. The lowest BCUT2D eigenvalue weighted by molar-refractivity contribution is 0.110. The van der Waals surface area contributed by atoms with Crippen molar-refractivity contribution >= 4 is 8.32 Å². The summed E-state index contributed by atoms with van der Waals surface area (Å²) in [6, 6.07) is 10.3. The zero-order chi connectivity index (χ0) is 18.1. The molecule has 0 radical (unpaired) electrons. The Hall–Kier alpha value is -0.903. The number of allylic oxidation sites excluding steroid dienone is 1. The fraction of sp³-hybridized carbons (Fsp3) is 0.619. The van der Waals surface area contributed by atoms with Crippen LogP contribution >= 0.6 is 0 Å². The second-order valence-electron chi connectivity index (χ2n) is 8.07. The average Bonchev–Trinajstić information content (AvgIpc) is 2.53. The van der Waals surface area contributed by atoms with Crippen LogP contribution in [0.25, 0.3) is 0 Å². The molecule has 0 aliphatic rings. The van der Waals surface area contributed by atoms with Crippen LogP contribution in [-0.4, -0.2) is 21.5 Å². The highest BCUT2D eigenvalue weighted by molar-refractivity contribution is 6.74. The zero-order valence-electron chi connectivity index (χ0n) is 16.3. The van der Waals surface area contributed by atoms with Crippen molar-refractivity contribution in [3.63, 3.8) is 0 Å². The second-order valence-corrected chi connectivity index (χ2v) is 12.9. The molecule has 24 heavy (non-hydrogen) atoms. The van der Waals surface area contributed by atoms with Crippen LogP contribution in [0.4, 0.5) is 0 Å². The minimum Gasteiger partial charge on any atom is -0.417 e. The number of ether oxygens (including phenoxy) is 1. The van der Waals surface area contributed by atoms with Crippen molar-refractivity contribution < 1.29 is 9.16 Å². The molecule has 0 spiro atoms. The standard InChI is InChI=1S/C21H36O2Si/c1-7-19(14-11-16-23-24(5,6)21(2,3)4)15-17-22-18-20-12-9-8-10-13-20/h7-10,12-13,19H,1,11,14-18H2,2-6H3. The molecule has 136 valence electrons. The monoisotopic (exact) mass is 348 g/mol. The Labute approximate surface area is 150 Å². The largest absolute Gasteiger partial charge is 0.417 e. The molecule has 1 unspecified atom stereocenters. The molecular weight excluding hydrogens is 312 g/mol. The highest BCUT2D eigenvalue weighted by atomic mass is 28.4. The van der Waals surface area contributed by atoms with E-state index in [0.29, 0.717) is 12.5 Å². The highest BCUT2D eigenvalue weighted by Gasteiger charge is 2.36.